The molecule has 2 aromatic heterocycles. The Morgan fingerprint density at radius 1 is 1.04 bits per heavy atom. The van der Waals surface area contributed by atoms with Crippen LogP contribution >= 0.6 is 11.6 Å². The summed E-state index contributed by atoms with van der Waals surface area (Å²) >= 11 is 5.89. The summed E-state index contributed by atoms with van der Waals surface area (Å²) in [6.07, 6.45) is 3.42. The van der Waals surface area contributed by atoms with Crippen molar-refractivity contribution in [2.24, 2.45) is 0 Å². The van der Waals surface area contributed by atoms with Crippen molar-refractivity contribution in [3.63, 3.8) is 0 Å². The summed E-state index contributed by atoms with van der Waals surface area (Å²) in [5.41, 5.74) is 1.99. The van der Waals surface area contributed by atoms with Crippen LogP contribution in [0.4, 0.5) is 0 Å². The molecule has 1 fully saturated rings. The van der Waals surface area contributed by atoms with Crippen molar-refractivity contribution in [1.82, 2.24) is 14.9 Å². The SMILES string of the molecule is O=C(c1ccc2ncccc2n1)N1CCC(Oc2ccc(Cl)cc2)CC1. The number of carbonyl (C=O) groups excluding carboxylic acids is 1. The number of amides is 1. The van der Waals surface area contributed by atoms with Gasteiger partial charge in [-0.1, -0.05) is 11.6 Å². The van der Waals surface area contributed by atoms with Crippen LogP contribution in [-0.4, -0.2) is 40.0 Å². The van der Waals surface area contributed by atoms with Crippen molar-refractivity contribution in [2.75, 3.05) is 13.1 Å². The first-order chi connectivity index (χ1) is 12.7. The smallest absolute Gasteiger partial charge is 0.272 e. The number of hydrogen-bond donors (Lipinski definition) is 0. The van der Waals surface area contributed by atoms with E-state index in [2.05, 4.69) is 9.97 Å². The van der Waals surface area contributed by atoms with Gasteiger partial charge in [0, 0.05) is 37.2 Å². The maximum Gasteiger partial charge on any atom is 0.272 e. The maximum atomic E-state index is 12.7. The van der Waals surface area contributed by atoms with Gasteiger partial charge in [0.25, 0.3) is 5.91 Å². The molecule has 1 aliphatic rings. The highest BCUT2D eigenvalue weighted by Crippen LogP contribution is 2.22. The first-order valence-corrected chi connectivity index (χ1v) is 9.00. The number of benzene rings is 1. The summed E-state index contributed by atoms with van der Waals surface area (Å²) in [4.78, 5) is 23.3. The van der Waals surface area contributed by atoms with Crippen molar-refractivity contribution in [1.29, 1.82) is 0 Å². The lowest BCUT2D eigenvalue weighted by molar-refractivity contribution is 0.0590. The summed E-state index contributed by atoms with van der Waals surface area (Å²) in [5.74, 6) is 0.767. The summed E-state index contributed by atoms with van der Waals surface area (Å²) in [6, 6.07) is 14.6. The van der Waals surface area contributed by atoms with Crippen LogP contribution in [0.1, 0.15) is 23.3 Å². The van der Waals surface area contributed by atoms with Gasteiger partial charge in [-0.3, -0.25) is 9.78 Å². The fourth-order valence-corrected chi connectivity index (χ4v) is 3.25. The molecule has 3 aromatic rings. The van der Waals surface area contributed by atoms with Crippen molar-refractivity contribution in [2.45, 2.75) is 18.9 Å². The van der Waals surface area contributed by atoms with Gasteiger partial charge < -0.3 is 9.64 Å². The van der Waals surface area contributed by atoms with E-state index in [4.69, 9.17) is 16.3 Å². The summed E-state index contributed by atoms with van der Waals surface area (Å²) in [6.45, 7) is 1.31. The quantitative estimate of drug-likeness (QED) is 0.703. The van der Waals surface area contributed by atoms with Crippen LogP contribution in [0.25, 0.3) is 11.0 Å². The normalized spacial score (nSPS) is 15.2. The number of nitrogens with zero attached hydrogens (tertiary/aromatic N) is 3. The zero-order valence-electron chi connectivity index (χ0n) is 14.1. The lowest BCUT2D eigenvalue weighted by Crippen LogP contribution is -2.42. The number of ether oxygens (including phenoxy) is 1. The molecule has 132 valence electrons. The van der Waals surface area contributed by atoms with Crippen LogP contribution in [0.3, 0.4) is 0 Å². The van der Waals surface area contributed by atoms with E-state index in [0.717, 1.165) is 29.6 Å². The lowest BCUT2D eigenvalue weighted by atomic mass is 10.1. The Kier molecular flexibility index (Phi) is 4.71. The number of likely N-dealkylation sites (tertiary alicyclic amines) is 1. The van der Waals surface area contributed by atoms with E-state index in [-0.39, 0.29) is 12.0 Å². The van der Waals surface area contributed by atoms with Gasteiger partial charge in [0.2, 0.25) is 0 Å². The number of halogens is 1. The third-order valence-electron chi connectivity index (χ3n) is 4.52. The molecule has 0 unspecified atom stereocenters. The van der Waals surface area contributed by atoms with E-state index in [9.17, 15) is 4.79 Å². The number of piperidine rings is 1. The third kappa shape index (κ3) is 3.63. The number of fused-ring (bicyclic) bond motifs is 1. The topological polar surface area (TPSA) is 55.3 Å². The predicted molar refractivity (Wildman–Crippen MR) is 101 cm³/mol. The minimum absolute atomic E-state index is 0.0410. The molecule has 0 bridgehead atoms. The van der Waals surface area contributed by atoms with Crippen molar-refractivity contribution >= 4 is 28.5 Å². The second-order valence-electron chi connectivity index (χ2n) is 6.30. The molecule has 1 amide bonds. The Bertz CT molecular complexity index is 922. The van der Waals surface area contributed by atoms with Gasteiger partial charge in [-0.05, 0) is 48.5 Å². The van der Waals surface area contributed by atoms with Gasteiger partial charge in [-0.25, -0.2) is 4.98 Å². The fourth-order valence-electron chi connectivity index (χ4n) is 3.12. The third-order valence-corrected chi connectivity index (χ3v) is 4.77. The van der Waals surface area contributed by atoms with Crippen LogP contribution in [0, 0.1) is 0 Å². The summed E-state index contributed by atoms with van der Waals surface area (Å²) in [7, 11) is 0. The molecule has 1 aromatic carbocycles. The van der Waals surface area contributed by atoms with Crippen molar-refractivity contribution in [3.8, 4) is 5.75 Å². The Balaban J connectivity index is 1.38. The van der Waals surface area contributed by atoms with Gasteiger partial charge in [-0.2, -0.15) is 0 Å². The van der Waals surface area contributed by atoms with E-state index >= 15 is 0 Å². The largest absolute Gasteiger partial charge is 0.490 e. The molecule has 0 N–H and O–H groups in total. The summed E-state index contributed by atoms with van der Waals surface area (Å²) in [5, 5.41) is 0.691. The van der Waals surface area contributed by atoms with E-state index in [1.807, 2.05) is 47.4 Å². The zero-order valence-corrected chi connectivity index (χ0v) is 14.9. The molecule has 5 nitrogen and oxygen atoms in total. The molecule has 1 saturated heterocycles. The predicted octanol–water partition coefficient (Wildman–Crippen LogP) is 3.97. The van der Waals surface area contributed by atoms with Gasteiger partial charge in [0.15, 0.2) is 0 Å². The molecule has 4 rings (SSSR count). The molecule has 0 aliphatic carbocycles. The zero-order chi connectivity index (χ0) is 17.9. The Morgan fingerprint density at radius 3 is 2.58 bits per heavy atom. The molecule has 0 spiro atoms. The molecule has 1 aliphatic heterocycles. The van der Waals surface area contributed by atoms with Gasteiger partial charge in [0.1, 0.15) is 17.5 Å². The molecular weight excluding hydrogens is 350 g/mol. The van der Waals surface area contributed by atoms with E-state index in [0.29, 0.717) is 23.8 Å². The van der Waals surface area contributed by atoms with Gasteiger partial charge in [0.05, 0.1) is 11.0 Å². The van der Waals surface area contributed by atoms with E-state index in [1.165, 1.54) is 0 Å². The average Bonchev–Trinajstić information content (AvgIpc) is 2.69. The average molecular weight is 368 g/mol. The van der Waals surface area contributed by atoms with Crippen LogP contribution in [0.5, 0.6) is 5.75 Å². The first kappa shape index (κ1) is 16.8. The number of pyridine rings is 2. The second-order valence-corrected chi connectivity index (χ2v) is 6.74. The number of rotatable bonds is 3. The maximum absolute atomic E-state index is 12.7. The number of hydrogen-bond acceptors (Lipinski definition) is 4. The fraction of sp³-hybridized carbons (Fsp3) is 0.250. The second kappa shape index (κ2) is 7.30. The van der Waals surface area contributed by atoms with Gasteiger partial charge in [-0.15, -0.1) is 0 Å². The Labute approximate surface area is 156 Å². The lowest BCUT2D eigenvalue weighted by Gasteiger charge is -2.32. The van der Waals surface area contributed by atoms with Crippen LogP contribution in [0.2, 0.25) is 5.02 Å². The van der Waals surface area contributed by atoms with E-state index in [1.54, 1.807) is 12.3 Å². The minimum Gasteiger partial charge on any atom is -0.490 e. The van der Waals surface area contributed by atoms with E-state index < -0.39 is 0 Å². The minimum atomic E-state index is -0.0410. The molecule has 0 radical (unpaired) electrons. The van der Waals surface area contributed by atoms with Crippen LogP contribution in [-0.2, 0) is 0 Å². The number of carbonyl (C=O) groups is 1. The highest BCUT2D eigenvalue weighted by molar-refractivity contribution is 6.30. The molecule has 0 atom stereocenters. The van der Waals surface area contributed by atoms with Gasteiger partial charge >= 0.3 is 0 Å². The Morgan fingerprint density at radius 2 is 1.81 bits per heavy atom. The van der Waals surface area contributed by atoms with Crippen LogP contribution in [0.15, 0.2) is 54.7 Å². The highest BCUT2D eigenvalue weighted by Gasteiger charge is 2.25. The van der Waals surface area contributed by atoms with Crippen molar-refractivity contribution < 1.29 is 9.53 Å². The molecule has 6 heteroatoms. The molecule has 0 saturated carbocycles. The Hall–Kier alpha value is -2.66. The molecule has 26 heavy (non-hydrogen) atoms. The summed E-state index contributed by atoms with van der Waals surface area (Å²) < 4.78 is 5.98. The number of aromatic nitrogens is 2. The highest BCUT2D eigenvalue weighted by atomic mass is 35.5. The standard InChI is InChI=1S/C20H18ClN3O2/c21-14-3-5-15(6-4-14)26-16-9-12-24(13-10-16)20(25)19-8-7-17-18(23-19)2-1-11-22-17/h1-8,11,16H,9-10,12-13H2. The molecular formula is C20H18ClN3O2. The van der Waals surface area contributed by atoms with Crippen molar-refractivity contribution in [3.05, 3.63) is 65.4 Å². The van der Waals surface area contributed by atoms with Crippen LogP contribution < -0.4 is 4.74 Å². The first-order valence-electron chi connectivity index (χ1n) is 8.62. The monoisotopic (exact) mass is 367 g/mol. The molecule has 3 heterocycles.